The van der Waals surface area contributed by atoms with E-state index in [2.05, 4.69) is 4.74 Å². The second-order valence-electron chi connectivity index (χ2n) is 3.06. The molecule has 0 aliphatic rings. The molecule has 0 amide bonds. The molecule has 0 bridgehead atoms. The highest BCUT2D eigenvalue weighted by atomic mass is 35.5. The van der Waals surface area contributed by atoms with Crippen molar-refractivity contribution in [1.82, 2.24) is 0 Å². The molecule has 0 fully saturated rings. The van der Waals surface area contributed by atoms with Gasteiger partial charge >= 0.3 is 6.36 Å². The first-order chi connectivity index (χ1) is 7.83. The quantitative estimate of drug-likeness (QED) is 0.475. The Bertz CT molecular complexity index is 417. The van der Waals surface area contributed by atoms with Crippen molar-refractivity contribution in [2.24, 2.45) is 0 Å². The fourth-order valence-corrected chi connectivity index (χ4v) is 1.28. The van der Waals surface area contributed by atoms with Crippen LogP contribution in [-0.4, -0.2) is 18.0 Å². The molecule has 0 aliphatic carbocycles. The lowest BCUT2D eigenvalue weighted by atomic mass is 10.1. The zero-order valence-corrected chi connectivity index (χ0v) is 9.11. The van der Waals surface area contributed by atoms with Crippen molar-refractivity contribution in [2.45, 2.75) is 12.8 Å². The molecular formula is C10H7ClF4O2. The molecule has 7 heteroatoms. The maximum Gasteiger partial charge on any atom is 0.573 e. The Morgan fingerprint density at radius 3 is 2.53 bits per heavy atom. The van der Waals surface area contributed by atoms with E-state index in [-0.39, 0.29) is 17.9 Å². The SMILES string of the molecule is O=C(CCCl)c1ccc(F)c(OC(F)(F)F)c1. The molecule has 17 heavy (non-hydrogen) atoms. The standard InChI is InChI=1S/C10H7ClF4O2/c11-4-3-8(16)6-1-2-7(12)9(5-6)17-10(13,14)15/h1-2,5H,3-4H2. The number of carbonyl (C=O) groups is 1. The second kappa shape index (κ2) is 5.35. The van der Waals surface area contributed by atoms with Crippen molar-refractivity contribution < 1.29 is 27.1 Å². The normalized spacial score (nSPS) is 11.4. The van der Waals surface area contributed by atoms with Gasteiger partial charge < -0.3 is 4.74 Å². The molecule has 0 heterocycles. The molecule has 1 rings (SSSR count). The molecule has 1 aromatic rings. The zero-order valence-electron chi connectivity index (χ0n) is 8.35. The van der Waals surface area contributed by atoms with Gasteiger partial charge in [-0.3, -0.25) is 4.79 Å². The molecule has 0 N–H and O–H groups in total. The Morgan fingerprint density at radius 2 is 2.00 bits per heavy atom. The highest BCUT2D eigenvalue weighted by Gasteiger charge is 2.32. The predicted molar refractivity (Wildman–Crippen MR) is 52.8 cm³/mol. The number of rotatable bonds is 4. The topological polar surface area (TPSA) is 26.3 Å². The van der Waals surface area contributed by atoms with Crippen molar-refractivity contribution in [3.8, 4) is 5.75 Å². The molecule has 94 valence electrons. The molecule has 0 saturated carbocycles. The summed E-state index contributed by atoms with van der Waals surface area (Å²) in [6.07, 6.45) is -5.05. The summed E-state index contributed by atoms with van der Waals surface area (Å²) >= 11 is 5.32. The van der Waals surface area contributed by atoms with Crippen LogP contribution in [0.3, 0.4) is 0 Å². The number of alkyl halides is 4. The van der Waals surface area contributed by atoms with E-state index in [0.717, 1.165) is 12.1 Å². The molecule has 0 spiro atoms. The smallest absolute Gasteiger partial charge is 0.403 e. The molecule has 0 saturated heterocycles. The van der Waals surface area contributed by atoms with E-state index in [1.165, 1.54) is 0 Å². The van der Waals surface area contributed by atoms with Gasteiger partial charge in [0.1, 0.15) is 0 Å². The number of ketones is 1. The van der Waals surface area contributed by atoms with Crippen molar-refractivity contribution >= 4 is 17.4 Å². The van der Waals surface area contributed by atoms with E-state index in [9.17, 15) is 22.4 Å². The lowest BCUT2D eigenvalue weighted by Crippen LogP contribution is -2.18. The van der Waals surface area contributed by atoms with Gasteiger partial charge in [0, 0.05) is 17.9 Å². The number of Topliss-reactive ketones (excluding diaryl/α,β-unsaturated/α-hetero) is 1. The van der Waals surface area contributed by atoms with Crippen LogP contribution < -0.4 is 4.74 Å². The summed E-state index contributed by atoms with van der Waals surface area (Å²) in [5.74, 6) is -2.67. The summed E-state index contributed by atoms with van der Waals surface area (Å²) in [7, 11) is 0. The van der Waals surface area contributed by atoms with Gasteiger partial charge in [-0.05, 0) is 18.2 Å². The first kappa shape index (κ1) is 13.8. The predicted octanol–water partition coefficient (Wildman–Crippen LogP) is 3.54. The number of carbonyl (C=O) groups excluding carboxylic acids is 1. The molecule has 0 atom stereocenters. The lowest BCUT2D eigenvalue weighted by Gasteiger charge is -2.10. The summed E-state index contributed by atoms with van der Waals surface area (Å²) in [5, 5.41) is 0. The number of hydrogen-bond donors (Lipinski definition) is 0. The van der Waals surface area contributed by atoms with Crippen molar-refractivity contribution in [3.05, 3.63) is 29.6 Å². The Hall–Kier alpha value is -1.30. The maximum absolute atomic E-state index is 13.0. The summed E-state index contributed by atoms with van der Waals surface area (Å²) in [4.78, 5) is 11.3. The largest absolute Gasteiger partial charge is 0.573 e. The summed E-state index contributed by atoms with van der Waals surface area (Å²) in [6, 6.07) is 2.52. The minimum Gasteiger partial charge on any atom is -0.403 e. The van der Waals surface area contributed by atoms with E-state index < -0.39 is 23.7 Å². The van der Waals surface area contributed by atoms with Crippen LogP contribution in [0.1, 0.15) is 16.8 Å². The number of hydrogen-bond acceptors (Lipinski definition) is 2. The minimum absolute atomic E-state index is 0.0334. The van der Waals surface area contributed by atoms with E-state index in [0.29, 0.717) is 6.07 Å². The van der Waals surface area contributed by atoms with Gasteiger partial charge in [0.15, 0.2) is 17.3 Å². The van der Waals surface area contributed by atoms with Crippen LogP contribution in [0.4, 0.5) is 17.6 Å². The van der Waals surface area contributed by atoms with Crippen LogP contribution in [0.5, 0.6) is 5.75 Å². The van der Waals surface area contributed by atoms with Gasteiger partial charge in [0.05, 0.1) is 0 Å². The third kappa shape index (κ3) is 4.22. The highest BCUT2D eigenvalue weighted by Crippen LogP contribution is 2.26. The Kier molecular flexibility index (Phi) is 4.34. The minimum atomic E-state index is -5.00. The van der Waals surface area contributed by atoms with E-state index in [1.807, 2.05) is 0 Å². The van der Waals surface area contributed by atoms with Gasteiger partial charge in [-0.2, -0.15) is 0 Å². The summed E-state index contributed by atoms with van der Waals surface area (Å²) in [6.45, 7) is 0. The van der Waals surface area contributed by atoms with Gasteiger partial charge in [-0.25, -0.2) is 4.39 Å². The molecule has 2 nitrogen and oxygen atoms in total. The third-order valence-electron chi connectivity index (χ3n) is 1.80. The molecule has 0 unspecified atom stereocenters. The number of ether oxygens (including phenoxy) is 1. The molecule has 1 aromatic carbocycles. The van der Waals surface area contributed by atoms with Crippen LogP contribution >= 0.6 is 11.6 Å². The van der Waals surface area contributed by atoms with E-state index in [4.69, 9.17) is 11.6 Å². The van der Waals surface area contributed by atoms with Crippen LogP contribution in [-0.2, 0) is 0 Å². The fourth-order valence-electron chi connectivity index (χ4n) is 1.11. The first-order valence-corrected chi connectivity index (χ1v) is 5.01. The fraction of sp³-hybridized carbons (Fsp3) is 0.300. The first-order valence-electron chi connectivity index (χ1n) is 4.48. The van der Waals surface area contributed by atoms with Crippen molar-refractivity contribution in [1.29, 1.82) is 0 Å². The van der Waals surface area contributed by atoms with Crippen LogP contribution in [0.2, 0.25) is 0 Å². The van der Waals surface area contributed by atoms with E-state index >= 15 is 0 Å². The summed E-state index contributed by atoms with van der Waals surface area (Å²) < 4.78 is 52.1. The Morgan fingerprint density at radius 1 is 1.35 bits per heavy atom. The Balaban J connectivity index is 2.98. The van der Waals surface area contributed by atoms with Crippen molar-refractivity contribution in [3.63, 3.8) is 0 Å². The maximum atomic E-state index is 13.0. The molecular weight excluding hydrogens is 264 g/mol. The lowest BCUT2D eigenvalue weighted by molar-refractivity contribution is -0.275. The van der Waals surface area contributed by atoms with Crippen LogP contribution in [0.15, 0.2) is 18.2 Å². The van der Waals surface area contributed by atoms with Gasteiger partial charge in [0.25, 0.3) is 0 Å². The van der Waals surface area contributed by atoms with Gasteiger partial charge in [-0.1, -0.05) is 0 Å². The Labute approximate surface area is 99.1 Å². The average molecular weight is 271 g/mol. The van der Waals surface area contributed by atoms with Crippen LogP contribution in [0, 0.1) is 5.82 Å². The second-order valence-corrected chi connectivity index (χ2v) is 3.43. The summed E-state index contributed by atoms with van der Waals surface area (Å²) in [5.41, 5.74) is -0.0775. The average Bonchev–Trinajstić information content (AvgIpc) is 2.19. The number of benzene rings is 1. The van der Waals surface area contributed by atoms with Gasteiger partial charge in [0.2, 0.25) is 0 Å². The highest BCUT2D eigenvalue weighted by molar-refractivity contribution is 6.19. The number of halogens is 5. The zero-order chi connectivity index (χ0) is 13.1. The molecule has 0 radical (unpaired) electrons. The molecule has 0 aliphatic heterocycles. The van der Waals surface area contributed by atoms with Crippen LogP contribution in [0.25, 0.3) is 0 Å². The van der Waals surface area contributed by atoms with E-state index in [1.54, 1.807) is 0 Å². The third-order valence-corrected chi connectivity index (χ3v) is 1.99. The van der Waals surface area contributed by atoms with Gasteiger partial charge in [-0.15, -0.1) is 24.8 Å². The monoisotopic (exact) mass is 270 g/mol. The molecule has 0 aromatic heterocycles. The van der Waals surface area contributed by atoms with Crippen molar-refractivity contribution in [2.75, 3.05) is 5.88 Å².